The molecule has 1 heterocycles. The molecule has 0 bridgehead atoms. The van der Waals surface area contributed by atoms with Crippen LogP contribution in [0, 0.1) is 0 Å². The summed E-state index contributed by atoms with van der Waals surface area (Å²) in [6, 6.07) is 3.44. The molecule has 0 aliphatic rings. The van der Waals surface area contributed by atoms with Crippen LogP contribution in [-0.2, 0) is 18.9 Å². The minimum absolute atomic E-state index is 0.0837. The molecule has 0 atom stereocenters. The first kappa shape index (κ1) is 22.6. The Bertz CT molecular complexity index is 1260. The van der Waals surface area contributed by atoms with Crippen LogP contribution in [0.2, 0.25) is 0 Å². The van der Waals surface area contributed by atoms with Crippen LogP contribution in [-0.4, -0.2) is 15.9 Å². The number of hydrogen-bond donors (Lipinski definition) is 3. The standard InChI is InChI=1S/C18H10BrF6N3O3/c19-11-3-8(13-12(5-11)27-15(30)16(31)28-13)6-26-14(29)7-1-9(17(20,21)22)4-10(2-7)18(23,24)25/h1-5H,6H2,(H,26,29)(H,27,30)(H,28,31). The van der Waals surface area contributed by atoms with Crippen molar-refractivity contribution in [3.63, 3.8) is 0 Å². The maximum atomic E-state index is 13.0. The van der Waals surface area contributed by atoms with E-state index in [-0.39, 0.29) is 29.2 Å². The summed E-state index contributed by atoms with van der Waals surface area (Å²) in [6.07, 6.45) is -10.2. The van der Waals surface area contributed by atoms with E-state index in [0.717, 1.165) is 0 Å². The number of benzene rings is 2. The van der Waals surface area contributed by atoms with Crippen LogP contribution in [0.5, 0.6) is 0 Å². The first-order valence-electron chi connectivity index (χ1n) is 8.28. The Morgan fingerprint density at radius 2 is 1.42 bits per heavy atom. The number of rotatable bonds is 3. The Labute approximate surface area is 176 Å². The molecular formula is C18H10BrF6N3O3. The molecule has 0 fully saturated rings. The minimum Gasteiger partial charge on any atom is -0.348 e. The highest BCUT2D eigenvalue weighted by Crippen LogP contribution is 2.36. The lowest BCUT2D eigenvalue weighted by Crippen LogP contribution is -2.30. The molecule has 3 rings (SSSR count). The zero-order chi connectivity index (χ0) is 23.1. The van der Waals surface area contributed by atoms with Gasteiger partial charge >= 0.3 is 23.5 Å². The Morgan fingerprint density at radius 3 is 1.97 bits per heavy atom. The molecule has 0 aliphatic heterocycles. The van der Waals surface area contributed by atoms with E-state index in [1.54, 1.807) is 0 Å². The number of fused-ring (bicyclic) bond motifs is 1. The molecule has 0 unspecified atom stereocenters. The lowest BCUT2D eigenvalue weighted by Gasteiger charge is -2.14. The maximum absolute atomic E-state index is 13.0. The fourth-order valence-corrected chi connectivity index (χ4v) is 3.27. The van der Waals surface area contributed by atoms with Crippen molar-refractivity contribution in [1.29, 1.82) is 0 Å². The summed E-state index contributed by atoms with van der Waals surface area (Å²) in [5, 5.41) is 2.22. The third-order valence-corrected chi connectivity index (χ3v) is 4.62. The highest BCUT2D eigenvalue weighted by molar-refractivity contribution is 9.10. The SMILES string of the molecule is O=C(NCc1cc(Br)cc2[nH]c(=O)c(=O)[nH]c12)c1cc(C(F)(F)F)cc(C(F)(F)F)c1. The topological polar surface area (TPSA) is 94.8 Å². The monoisotopic (exact) mass is 509 g/mol. The highest BCUT2D eigenvalue weighted by atomic mass is 79.9. The largest absolute Gasteiger partial charge is 0.416 e. The van der Waals surface area contributed by atoms with E-state index in [1.165, 1.54) is 12.1 Å². The Kier molecular flexibility index (Phi) is 5.74. The van der Waals surface area contributed by atoms with Crippen molar-refractivity contribution in [3.8, 4) is 0 Å². The quantitative estimate of drug-likeness (QED) is 0.368. The Morgan fingerprint density at radius 1 is 0.871 bits per heavy atom. The number of aromatic nitrogens is 2. The molecule has 1 amide bonds. The van der Waals surface area contributed by atoms with Crippen LogP contribution < -0.4 is 16.4 Å². The van der Waals surface area contributed by atoms with Crippen molar-refractivity contribution >= 4 is 32.9 Å². The molecule has 0 saturated carbocycles. The van der Waals surface area contributed by atoms with E-state index in [1.807, 2.05) is 0 Å². The van der Waals surface area contributed by atoms with Crippen molar-refractivity contribution in [3.05, 3.63) is 77.8 Å². The average Bonchev–Trinajstić information content (AvgIpc) is 2.65. The van der Waals surface area contributed by atoms with E-state index in [9.17, 15) is 40.7 Å². The number of carbonyl (C=O) groups excluding carboxylic acids is 1. The summed E-state index contributed by atoms with van der Waals surface area (Å²) in [7, 11) is 0. The highest BCUT2D eigenvalue weighted by Gasteiger charge is 2.37. The van der Waals surface area contributed by atoms with Gasteiger partial charge in [-0.3, -0.25) is 14.4 Å². The number of amides is 1. The molecule has 2 aromatic carbocycles. The van der Waals surface area contributed by atoms with Crippen LogP contribution >= 0.6 is 15.9 Å². The van der Waals surface area contributed by atoms with Crippen molar-refractivity contribution in [2.75, 3.05) is 0 Å². The lowest BCUT2D eigenvalue weighted by molar-refractivity contribution is -0.143. The predicted octanol–water partition coefficient (Wildman–Crippen LogP) is 3.95. The summed E-state index contributed by atoms with van der Waals surface area (Å²) < 4.78 is 78.3. The lowest BCUT2D eigenvalue weighted by atomic mass is 10.0. The van der Waals surface area contributed by atoms with Crippen molar-refractivity contribution < 1.29 is 31.1 Å². The third-order valence-electron chi connectivity index (χ3n) is 4.17. The summed E-state index contributed by atoms with van der Waals surface area (Å²) in [5.41, 5.74) is -5.42. The van der Waals surface area contributed by atoms with Crippen LogP contribution in [0.25, 0.3) is 11.0 Å². The van der Waals surface area contributed by atoms with Gasteiger partial charge in [-0.1, -0.05) is 15.9 Å². The zero-order valence-electron chi connectivity index (χ0n) is 15.0. The summed E-state index contributed by atoms with van der Waals surface area (Å²) >= 11 is 3.16. The van der Waals surface area contributed by atoms with Crippen molar-refractivity contribution in [2.24, 2.45) is 0 Å². The molecule has 13 heteroatoms. The van der Waals surface area contributed by atoms with Gasteiger partial charge in [-0.15, -0.1) is 0 Å². The fourth-order valence-electron chi connectivity index (χ4n) is 2.76. The second kappa shape index (κ2) is 7.87. The number of H-pyrrole nitrogens is 2. The van der Waals surface area contributed by atoms with E-state index in [0.29, 0.717) is 16.6 Å². The molecule has 3 N–H and O–H groups in total. The molecule has 0 aliphatic carbocycles. The maximum Gasteiger partial charge on any atom is 0.416 e. The van der Waals surface area contributed by atoms with E-state index in [4.69, 9.17) is 0 Å². The van der Waals surface area contributed by atoms with Gasteiger partial charge in [0.15, 0.2) is 0 Å². The molecule has 0 spiro atoms. The van der Waals surface area contributed by atoms with Gasteiger partial charge in [-0.25, -0.2) is 0 Å². The normalized spacial score (nSPS) is 12.2. The molecule has 0 radical (unpaired) electrons. The van der Waals surface area contributed by atoms with Crippen LogP contribution in [0.3, 0.4) is 0 Å². The van der Waals surface area contributed by atoms with Crippen molar-refractivity contribution in [1.82, 2.24) is 15.3 Å². The number of nitrogens with one attached hydrogen (secondary N) is 3. The van der Waals surface area contributed by atoms with E-state index < -0.39 is 46.1 Å². The molecule has 6 nitrogen and oxygen atoms in total. The van der Waals surface area contributed by atoms with Gasteiger partial charge in [-0.05, 0) is 35.9 Å². The number of aromatic amines is 2. The molecule has 31 heavy (non-hydrogen) atoms. The van der Waals surface area contributed by atoms with E-state index >= 15 is 0 Å². The average molecular weight is 510 g/mol. The van der Waals surface area contributed by atoms with Gasteiger partial charge < -0.3 is 15.3 Å². The molecule has 0 saturated heterocycles. The summed E-state index contributed by atoms with van der Waals surface area (Å²) in [6.45, 7) is -0.367. The molecule has 164 valence electrons. The zero-order valence-corrected chi connectivity index (χ0v) is 16.6. The summed E-state index contributed by atoms with van der Waals surface area (Å²) in [4.78, 5) is 40.0. The second-order valence-electron chi connectivity index (χ2n) is 6.37. The van der Waals surface area contributed by atoms with Crippen LogP contribution in [0.1, 0.15) is 27.0 Å². The predicted molar refractivity (Wildman–Crippen MR) is 101 cm³/mol. The first-order chi connectivity index (χ1) is 14.3. The van der Waals surface area contributed by atoms with Gasteiger partial charge in [0.05, 0.1) is 22.2 Å². The molecule has 3 aromatic rings. The van der Waals surface area contributed by atoms with E-state index in [2.05, 4.69) is 31.2 Å². The smallest absolute Gasteiger partial charge is 0.348 e. The van der Waals surface area contributed by atoms with Crippen LogP contribution in [0.4, 0.5) is 26.3 Å². The number of carbonyl (C=O) groups is 1. The summed E-state index contributed by atoms with van der Waals surface area (Å²) in [5.74, 6) is -1.20. The Balaban J connectivity index is 1.97. The van der Waals surface area contributed by atoms with Crippen LogP contribution in [0.15, 0.2) is 44.4 Å². The van der Waals surface area contributed by atoms with Crippen molar-refractivity contribution in [2.45, 2.75) is 18.9 Å². The number of hydrogen-bond acceptors (Lipinski definition) is 3. The van der Waals surface area contributed by atoms with Gasteiger partial charge in [0.1, 0.15) is 0 Å². The van der Waals surface area contributed by atoms with Gasteiger partial charge in [0, 0.05) is 16.6 Å². The third kappa shape index (κ3) is 4.98. The number of halogens is 7. The van der Waals surface area contributed by atoms with Gasteiger partial charge in [-0.2, -0.15) is 26.3 Å². The van der Waals surface area contributed by atoms with Gasteiger partial charge in [0.2, 0.25) is 0 Å². The minimum atomic E-state index is -5.10. The molecule has 1 aromatic heterocycles. The Hall–Kier alpha value is -3.09. The number of alkyl halides is 6. The first-order valence-corrected chi connectivity index (χ1v) is 9.07. The fraction of sp³-hybridized carbons (Fsp3) is 0.167. The second-order valence-corrected chi connectivity index (χ2v) is 7.29. The van der Waals surface area contributed by atoms with Gasteiger partial charge in [0.25, 0.3) is 5.91 Å². The molecular weight excluding hydrogens is 500 g/mol.